The second-order valence-electron chi connectivity index (χ2n) is 5.14. The number of nitro groups is 1. The van der Waals surface area contributed by atoms with Gasteiger partial charge in [0.15, 0.2) is 0 Å². The van der Waals surface area contributed by atoms with Gasteiger partial charge in [-0.05, 0) is 53.0 Å². The molecule has 0 aliphatic carbocycles. The van der Waals surface area contributed by atoms with Gasteiger partial charge in [0.25, 0.3) is 0 Å². The van der Waals surface area contributed by atoms with E-state index in [1.807, 2.05) is 24.3 Å². The van der Waals surface area contributed by atoms with E-state index in [-0.39, 0.29) is 11.5 Å². The van der Waals surface area contributed by atoms with Crippen molar-refractivity contribution in [3.63, 3.8) is 0 Å². The monoisotopic (exact) mass is 362 g/mol. The van der Waals surface area contributed by atoms with Crippen LogP contribution in [0.25, 0.3) is 0 Å². The normalized spacial score (nSPS) is 14.1. The molecule has 6 nitrogen and oxygen atoms in total. The average Bonchev–Trinajstić information content (AvgIpc) is 3.04. The maximum absolute atomic E-state index is 11.1. The first-order valence-electron chi connectivity index (χ1n) is 7.05. The van der Waals surface area contributed by atoms with Gasteiger partial charge in [-0.1, -0.05) is 0 Å². The van der Waals surface area contributed by atoms with Crippen molar-refractivity contribution in [2.45, 2.75) is 12.8 Å². The Labute approximate surface area is 136 Å². The molecule has 1 aliphatic heterocycles. The summed E-state index contributed by atoms with van der Waals surface area (Å²) >= 11 is 3.20. The summed E-state index contributed by atoms with van der Waals surface area (Å²) in [6.45, 7) is 2.18. The number of pyridine rings is 1. The molecule has 1 fully saturated rings. The lowest BCUT2D eigenvalue weighted by atomic mass is 10.2. The average molecular weight is 363 g/mol. The molecule has 0 unspecified atom stereocenters. The van der Waals surface area contributed by atoms with Crippen LogP contribution in [0.3, 0.4) is 0 Å². The van der Waals surface area contributed by atoms with Crippen molar-refractivity contribution in [3.05, 3.63) is 51.1 Å². The highest BCUT2D eigenvalue weighted by atomic mass is 79.9. The highest BCUT2D eigenvalue weighted by Crippen LogP contribution is 2.29. The number of anilines is 3. The molecule has 2 aromatic rings. The zero-order valence-electron chi connectivity index (χ0n) is 11.8. The van der Waals surface area contributed by atoms with Crippen molar-refractivity contribution in [2.24, 2.45) is 0 Å². The van der Waals surface area contributed by atoms with Crippen molar-refractivity contribution in [3.8, 4) is 0 Å². The first-order valence-corrected chi connectivity index (χ1v) is 7.85. The predicted octanol–water partition coefficient (Wildman–Crippen LogP) is 4.10. The molecule has 0 bridgehead atoms. The van der Waals surface area contributed by atoms with Crippen LogP contribution in [0.4, 0.5) is 22.9 Å². The Hall–Kier alpha value is -2.15. The number of halogens is 1. The van der Waals surface area contributed by atoms with E-state index in [0.717, 1.165) is 18.8 Å². The van der Waals surface area contributed by atoms with Gasteiger partial charge >= 0.3 is 5.69 Å². The third kappa shape index (κ3) is 3.19. The molecular formula is C15H15BrN4O2. The van der Waals surface area contributed by atoms with Crippen LogP contribution >= 0.6 is 15.9 Å². The molecule has 0 amide bonds. The van der Waals surface area contributed by atoms with Crippen molar-refractivity contribution in [1.82, 2.24) is 4.98 Å². The van der Waals surface area contributed by atoms with Gasteiger partial charge in [0.2, 0.25) is 5.82 Å². The van der Waals surface area contributed by atoms with Crippen LogP contribution in [0.2, 0.25) is 0 Å². The fourth-order valence-electron chi connectivity index (χ4n) is 2.53. The number of rotatable bonds is 4. The third-order valence-corrected chi connectivity index (χ3v) is 4.07. The predicted molar refractivity (Wildman–Crippen MR) is 89.8 cm³/mol. The van der Waals surface area contributed by atoms with Crippen LogP contribution in [0.5, 0.6) is 0 Å². The Morgan fingerprint density at radius 2 is 1.91 bits per heavy atom. The summed E-state index contributed by atoms with van der Waals surface area (Å²) in [6, 6.07) is 9.33. The van der Waals surface area contributed by atoms with Gasteiger partial charge in [-0.25, -0.2) is 4.98 Å². The number of nitrogens with zero attached hydrogens (tertiary/aromatic N) is 3. The standard InChI is InChI=1S/C15H15BrN4O2/c16-11-9-14(20(21)22)15(17-10-11)18-12-3-5-13(6-4-12)19-7-1-2-8-19/h3-6,9-10H,1-2,7-8H2,(H,17,18). The second-order valence-corrected chi connectivity index (χ2v) is 6.06. The smallest absolute Gasteiger partial charge is 0.312 e. The fraction of sp³-hybridized carbons (Fsp3) is 0.267. The van der Waals surface area contributed by atoms with Gasteiger partial charge in [-0.3, -0.25) is 10.1 Å². The van der Waals surface area contributed by atoms with E-state index < -0.39 is 4.92 Å². The lowest BCUT2D eigenvalue weighted by molar-refractivity contribution is -0.384. The summed E-state index contributed by atoms with van der Waals surface area (Å²) in [5.74, 6) is 0.238. The number of hydrogen-bond acceptors (Lipinski definition) is 5. The molecule has 1 aromatic carbocycles. The summed E-state index contributed by atoms with van der Waals surface area (Å²) in [6.07, 6.45) is 4.00. The van der Waals surface area contributed by atoms with Gasteiger partial charge < -0.3 is 10.2 Å². The summed E-state index contributed by atoms with van der Waals surface area (Å²) in [7, 11) is 0. The second kappa shape index (κ2) is 6.31. The zero-order chi connectivity index (χ0) is 15.5. The highest BCUT2D eigenvalue weighted by Gasteiger charge is 2.16. The molecule has 1 aromatic heterocycles. The Kier molecular flexibility index (Phi) is 4.24. The minimum atomic E-state index is -0.446. The lowest BCUT2D eigenvalue weighted by Gasteiger charge is -2.17. The van der Waals surface area contributed by atoms with Gasteiger partial charge in [0.1, 0.15) is 0 Å². The molecule has 3 rings (SSSR count). The van der Waals surface area contributed by atoms with Gasteiger partial charge in [0.05, 0.1) is 4.92 Å². The van der Waals surface area contributed by atoms with E-state index >= 15 is 0 Å². The molecule has 0 radical (unpaired) electrons. The van der Waals surface area contributed by atoms with Crippen LogP contribution in [-0.4, -0.2) is 23.0 Å². The maximum atomic E-state index is 11.1. The van der Waals surface area contributed by atoms with E-state index in [1.165, 1.54) is 30.8 Å². The van der Waals surface area contributed by atoms with Gasteiger partial charge in [0, 0.05) is 41.2 Å². The first-order chi connectivity index (χ1) is 10.6. The molecule has 2 heterocycles. The fourth-order valence-corrected chi connectivity index (χ4v) is 2.85. The van der Waals surface area contributed by atoms with Crippen LogP contribution in [0.15, 0.2) is 41.0 Å². The van der Waals surface area contributed by atoms with E-state index in [9.17, 15) is 10.1 Å². The molecule has 1 aliphatic rings. The maximum Gasteiger partial charge on any atom is 0.312 e. The summed E-state index contributed by atoms with van der Waals surface area (Å²) < 4.78 is 0.578. The minimum Gasteiger partial charge on any atom is -0.372 e. The van der Waals surface area contributed by atoms with Crippen molar-refractivity contribution >= 4 is 38.8 Å². The zero-order valence-corrected chi connectivity index (χ0v) is 13.4. The molecule has 1 saturated heterocycles. The Bertz CT molecular complexity index is 684. The summed E-state index contributed by atoms with van der Waals surface area (Å²) in [5, 5.41) is 14.1. The van der Waals surface area contributed by atoms with Crippen LogP contribution < -0.4 is 10.2 Å². The topological polar surface area (TPSA) is 71.3 Å². The SMILES string of the molecule is O=[N+]([O-])c1cc(Br)cnc1Nc1ccc(N2CCCC2)cc1. The van der Waals surface area contributed by atoms with E-state index in [1.54, 1.807) is 0 Å². The minimum absolute atomic E-state index is 0.0574. The highest BCUT2D eigenvalue weighted by molar-refractivity contribution is 9.10. The lowest BCUT2D eigenvalue weighted by Crippen LogP contribution is -2.17. The van der Waals surface area contributed by atoms with Crippen molar-refractivity contribution < 1.29 is 4.92 Å². The number of aromatic nitrogens is 1. The number of nitrogens with one attached hydrogen (secondary N) is 1. The van der Waals surface area contributed by atoms with E-state index in [0.29, 0.717) is 4.47 Å². The van der Waals surface area contributed by atoms with Crippen molar-refractivity contribution in [1.29, 1.82) is 0 Å². The van der Waals surface area contributed by atoms with Crippen molar-refractivity contribution in [2.75, 3.05) is 23.3 Å². The quantitative estimate of drug-likeness (QED) is 0.654. The van der Waals surface area contributed by atoms with Crippen LogP contribution in [-0.2, 0) is 0 Å². The summed E-state index contributed by atoms with van der Waals surface area (Å²) in [5.41, 5.74) is 1.90. The molecule has 7 heteroatoms. The molecule has 114 valence electrons. The third-order valence-electron chi connectivity index (χ3n) is 3.63. The van der Waals surface area contributed by atoms with E-state index in [2.05, 4.69) is 31.1 Å². The van der Waals surface area contributed by atoms with Crippen LogP contribution in [0, 0.1) is 10.1 Å². The Morgan fingerprint density at radius 1 is 1.23 bits per heavy atom. The Balaban J connectivity index is 1.80. The molecule has 0 spiro atoms. The number of benzene rings is 1. The summed E-state index contributed by atoms with van der Waals surface area (Å²) in [4.78, 5) is 17.1. The molecule has 0 saturated carbocycles. The Morgan fingerprint density at radius 3 is 2.55 bits per heavy atom. The molecule has 1 N–H and O–H groups in total. The number of hydrogen-bond donors (Lipinski definition) is 1. The van der Waals surface area contributed by atoms with E-state index in [4.69, 9.17) is 0 Å². The first kappa shape index (κ1) is 14.8. The molecular weight excluding hydrogens is 348 g/mol. The largest absolute Gasteiger partial charge is 0.372 e. The van der Waals surface area contributed by atoms with Gasteiger partial charge in [-0.15, -0.1) is 0 Å². The molecule has 0 atom stereocenters. The molecule has 22 heavy (non-hydrogen) atoms. The van der Waals surface area contributed by atoms with Gasteiger partial charge in [-0.2, -0.15) is 0 Å². The van der Waals surface area contributed by atoms with Crippen LogP contribution in [0.1, 0.15) is 12.8 Å².